The van der Waals surface area contributed by atoms with Crippen LogP contribution in [0.4, 0.5) is 0 Å². The molecule has 1 saturated heterocycles. The van der Waals surface area contributed by atoms with E-state index in [4.69, 9.17) is 5.73 Å². The van der Waals surface area contributed by atoms with E-state index in [0.717, 1.165) is 32.1 Å². The van der Waals surface area contributed by atoms with Crippen LogP contribution in [0.3, 0.4) is 0 Å². The van der Waals surface area contributed by atoms with Gasteiger partial charge in [0.25, 0.3) is 5.91 Å². The number of sulfonamides is 1. The molecule has 1 saturated carbocycles. The van der Waals surface area contributed by atoms with Crippen LogP contribution >= 0.6 is 0 Å². The lowest BCUT2D eigenvalue weighted by Gasteiger charge is -2.22. The Bertz CT molecular complexity index is 744. The smallest absolute Gasteiger partial charge is 0.253 e. The fourth-order valence-electron chi connectivity index (χ4n) is 3.67. The van der Waals surface area contributed by atoms with Crippen molar-refractivity contribution in [1.82, 2.24) is 9.62 Å². The molecule has 1 amide bonds. The number of nitrogens with zero attached hydrogens (tertiary/aromatic N) is 1. The van der Waals surface area contributed by atoms with Gasteiger partial charge < -0.3 is 10.6 Å². The number of carbonyl (C=O) groups is 1. The molecular weight excluding hydrogens is 338 g/mol. The van der Waals surface area contributed by atoms with Crippen LogP contribution in [-0.4, -0.2) is 44.9 Å². The molecule has 2 aliphatic rings. The van der Waals surface area contributed by atoms with E-state index >= 15 is 0 Å². The zero-order valence-electron chi connectivity index (χ0n) is 14.7. The van der Waals surface area contributed by atoms with E-state index in [1.54, 1.807) is 23.1 Å². The SMILES string of the molecule is CC1(CN)CCN(C(=O)c2cccc(S(=O)(=O)NC3CCCC3)c2)C1. The second-order valence-electron chi connectivity index (χ2n) is 7.62. The van der Waals surface area contributed by atoms with Gasteiger partial charge in [0.2, 0.25) is 10.0 Å². The topological polar surface area (TPSA) is 92.5 Å². The first-order valence-electron chi connectivity index (χ1n) is 8.95. The third kappa shape index (κ3) is 4.04. The summed E-state index contributed by atoms with van der Waals surface area (Å²) in [5.41, 5.74) is 6.16. The molecule has 1 aliphatic carbocycles. The first-order chi connectivity index (χ1) is 11.8. The first-order valence-corrected chi connectivity index (χ1v) is 10.4. The van der Waals surface area contributed by atoms with Crippen molar-refractivity contribution >= 4 is 15.9 Å². The Morgan fingerprint density at radius 3 is 2.72 bits per heavy atom. The Balaban J connectivity index is 1.76. The van der Waals surface area contributed by atoms with Gasteiger partial charge in [0, 0.05) is 24.7 Å². The minimum absolute atomic E-state index is 0.00759. The summed E-state index contributed by atoms with van der Waals surface area (Å²) < 4.78 is 27.9. The van der Waals surface area contributed by atoms with E-state index in [-0.39, 0.29) is 22.3 Å². The van der Waals surface area contributed by atoms with E-state index in [9.17, 15) is 13.2 Å². The maximum Gasteiger partial charge on any atom is 0.253 e. The van der Waals surface area contributed by atoms with Crippen LogP contribution in [0.2, 0.25) is 0 Å². The summed E-state index contributed by atoms with van der Waals surface area (Å²) >= 11 is 0. The average molecular weight is 365 g/mol. The van der Waals surface area contributed by atoms with Gasteiger partial charge in [0.05, 0.1) is 4.90 Å². The molecule has 1 aliphatic heterocycles. The van der Waals surface area contributed by atoms with Crippen LogP contribution < -0.4 is 10.5 Å². The average Bonchev–Trinajstić information content (AvgIpc) is 3.24. The van der Waals surface area contributed by atoms with Gasteiger partial charge in [0.1, 0.15) is 0 Å². The number of likely N-dealkylation sites (tertiary alicyclic amines) is 1. The molecular formula is C18H27N3O3S. The first kappa shape index (κ1) is 18.4. The zero-order chi connectivity index (χ0) is 18.1. The number of hydrogen-bond donors (Lipinski definition) is 2. The summed E-state index contributed by atoms with van der Waals surface area (Å²) in [6.45, 7) is 3.88. The highest BCUT2D eigenvalue weighted by molar-refractivity contribution is 7.89. The highest BCUT2D eigenvalue weighted by atomic mass is 32.2. The second-order valence-corrected chi connectivity index (χ2v) is 9.34. The van der Waals surface area contributed by atoms with Crippen molar-refractivity contribution < 1.29 is 13.2 Å². The Morgan fingerprint density at radius 2 is 2.08 bits per heavy atom. The molecule has 0 aromatic heterocycles. The molecule has 1 heterocycles. The molecule has 25 heavy (non-hydrogen) atoms. The van der Waals surface area contributed by atoms with Gasteiger partial charge in [-0.2, -0.15) is 0 Å². The Morgan fingerprint density at radius 1 is 1.36 bits per heavy atom. The third-order valence-electron chi connectivity index (χ3n) is 5.41. The fourth-order valence-corrected chi connectivity index (χ4v) is 5.02. The van der Waals surface area contributed by atoms with Crippen LogP contribution in [0.1, 0.15) is 49.4 Å². The van der Waals surface area contributed by atoms with Crippen molar-refractivity contribution in [3.8, 4) is 0 Å². The fraction of sp³-hybridized carbons (Fsp3) is 0.611. The van der Waals surface area contributed by atoms with E-state index in [1.807, 2.05) is 0 Å². The van der Waals surface area contributed by atoms with Crippen LogP contribution in [0.5, 0.6) is 0 Å². The molecule has 3 N–H and O–H groups in total. The Labute approximate surface area is 149 Å². The number of amides is 1. The number of nitrogens with two attached hydrogens (primary N) is 1. The summed E-state index contributed by atoms with van der Waals surface area (Å²) in [4.78, 5) is 14.7. The van der Waals surface area contributed by atoms with Crippen LogP contribution in [-0.2, 0) is 10.0 Å². The summed E-state index contributed by atoms with van der Waals surface area (Å²) in [6.07, 6.45) is 4.74. The molecule has 0 spiro atoms. The molecule has 7 heteroatoms. The number of carbonyl (C=O) groups excluding carboxylic acids is 1. The molecule has 2 fully saturated rings. The van der Waals surface area contributed by atoms with Gasteiger partial charge >= 0.3 is 0 Å². The highest BCUT2D eigenvalue weighted by Crippen LogP contribution is 2.29. The molecule has 1 aromatic rings. The van der Waals surface area contributed by atoms with Gasteiger partial charge in [-0.3, -0.25) is 4.79 Å². The minimum atomic E-state index is -3.59. The number of nitrogens with one attached hydrogen (secondary N) is 1. The van der Waals surface area contributed by atoms with E-state index in [2.05, 4.69) is 11.6 Å². The predicted molar refractivity (Wildman–Crippen MR) is 96.7 cm³/mol. The highest BCUT2D eigenvalue weighted by Gasteiger charge is 2.35. The van der Waals surface area contributed by atoms with E-state index < -0.39 is 10.0 Å². The van der Waals surface area contributed by atoms with Gasteiger partial charge in [-0.05, 0) is 49.4 Å². The normalized spacial score (nSPS) is 24.8. The molecule has 1 aromatic carbocycles. The van der Waals surface area contributed by atoms with Crippen molar-refractivity contribution in [2.45, 2.75) is 50.0 Å². The van der Waals surface area contributed by atoms with Crippen molar-refractivity contribution in [3.63, 3.8) is 0 Å². The van der Waals surface area contributed by atoms with E-state index in [1.165, 1.54) is 6.07 Å². The third-order valence-corrected chi connectivity index (χ3v) is 6.92. The van der Waals surface area contributed by atoms with Crippen molar-refractivity contribution in [2.24, 2.45) is 11.1 Å². The second kappa shape index (κ2) is 7.05. The maximum absolute atomic E-state index is 12.7. The minimum Gasteiger partial charge on any atom is -0.338 e. The molecule has 1 unspecified atom stereocenters. The largest absolute Gasteiger partial charge is 0.338 e. The van der Waals surface area contributed by atoms with Crippen molar-refractivity contribution in [3.05, 3.63) is 29.8 Å². The monoisotopic (exact) mass is 365 g/mol. The molecule has 0 bridgehead atoms. The number of benzene rings is 1. The van der Waals surface area contributed by atoms with Crippen LogP contribution in [0.15, 0.2) is 29.2 Å². The lowest BCUT2D eigenvalue weighted by Crippen LogP contribution is -2.35. The Kier molecular flexibility index (Phi) is 5.18. The molecule has 0 radical (unpaired) electrons. The van der Waals surface area contributed by atoms with Crippen LogP contribution in [0, 0.1) is 5.41 Å². The summed E-state index contributed by atoms with van der Waals surface area (Å²) in [7, 11) is -3.59. The van der Waals surface area contributed by atoms with Gasteiger partial charge in [0.15, 0.2) is 0 Å². The standard InChI is InChI=1S/C18H27N3O3S/c1-18(12-19)9-10-21(13-18)17(22)14-5-4-8-16(11-14)25(23,24)20-15-6-2-3-7-15/h4-5,8,11,15,20H,2-3,6-7,9-10,12-13,19H2,1H3. The van der Waals surface area contributed by atoms with Crippen molar-refractivity contribution in [1.29, 1.82) is 0 Å². The van der Waals surface area contributed by atoms with Gasteiger partial charge in [-0.15, -0.1) is 0 Å². The molecule has 1 atom stereocenters. The lowest BCUT2D eigenvalue weighted by atomic mass is 9.90. The number of hydrogen-bond acceptors (Lipinski definition) is 4. The quantitative estimate of drug-likeness (QED) is 0.831. The molecule has 3 rings (SSSR count). The molecule has 138 valence electrons. The predicted octanol–water partition coefficient (Wildman–Crippen LogP) is 1.72. The van der Waals surface area contributed by atoms with Gasteiger partial charge in [-0.1, -0.05) is 25.8 Å². The number of rotatable bonds is 5. The van der Waals surface area contributed by atoms with Crippen molar-refractivity contribution in [2.75, 3.05) is 19.6 Å². The summed E-state index contributed by atoms with van der Waals surface area (Å²) in [5.74, 6) is -0.130. The molecule has 6 nitrogen and oxygen atoms in total. The summed E-state index contributed by atoms with van der Waals surface area (Å²) in [6, 6.07) is 6.34. The zero-order valence-corrected chi connectivity index (χ0v) is 15.5. The van der Waals surface area contributed by atoms with Crippen LogP contribution in [0.25, 0.3) is 0 Å². The van der Waals surface area contributed by atoms with E-state index in [0.29, 0.717) is 25.2 Å². The summed E-state index contributed by atoms with van der Waals surface area (Å²) in [5, 5.41) is 0. The lowest BCUT2D eigenvalue weighted by molar-refractivity contribution is 0.0776. The Hall–Kier alpha value is -1.44. The maximum atomic E-state index is 12.7. The van der Waals surface area contributed by atoms with Gasteiger partial charge in [-0.25, -0.2) is 13.1 Å².